The van der Waals surface area contributed by atoms with Gasteiger partial charge < -0.3 is 16.0 Å². The molecule has 0 atom stereocenters. The van der Waals surface area contributed by atoms with Gasteiger partial charge in [-0.2, -0.15) is 0 Å². The van der Waals surface area contributed by atoms with Crippen molar-refractivity contribution in [2.45, 2.75) is 0 Å². The number of halogens is 1. The molecule has 0 amide bonds. The summed E-state index contributed by atoms with van der Waals surface area (Å²) in [5.41, 5.74) is 3.46. The molecule has 0 bridgehead atoms. The molecule has 0 saturated heterocycles. The fourth-order valence-electron chi connectivity index (χ4n) is 3.56. The molecular formula is C25H18ClN5S. The SMILES string of the molecule is S=C(Nc1ccc2ncnc(Nc3cccc(Cl)c3)c2c1)Nc1cccc2ccccc12. The van der Waals surface area contributed by atoms with Crippen molar-refractivity contribution in [1.82, 2.24) is 9.97 Å². The second-order valence-electron chi connectivity index (χ2n) is 7.20. The second kappa shape index (κ2) is 8.78. The van der Waals surface area contributed by atoms with Crippen molar-refractivity contribution in [3.05, 3.63) is 96.3 Å². The van der Waals surface area contributed by atoms with E-state index >= 15 is 0 Å². The lowest BCUT2D eigenvalue weighted by Gasteiger charge is -2.14. The first-order valence-electron chi connectivity index (χ1n) is 9.99. The molecule has 0 spiro atoms. The van der Waals surface area contributed by atoms with Crippen LogP contribution in [0.15, 0.2) is 91.3 Å². The summed E-state index contributed by atoms with van der Waals surface area (Å²) in [5.74, 6) is 0.689. The fourth-order valence-corrected chi connectivity index (χ4v) is 3.97. The van der Waals surface area contributed by atoms with Crippen LogP contribution in [-0.4, -0.2) is 15.1 Å². The summed E-state index contributed by atoms with van der Waals surface area (Å²) < 4.78 is 0. The van der Waals surface area contributed by atoms with Crippen molar-refractivity contribution in [1.29, 1.82) is 0 Å². The van der Waals surface area contributed by atoms with Crippen LogP contribution in [0.25, 0.3) is 21.7 Å². The van der Waals surface area contributed by atoms with Crippen LogP contribution in [0.1, 0.15) is 0 Å². The molecule has 0 unspecified atom stereocenters. The molecule has 1 heterocycles. The molecule has 0 saturated carbocycles. The Hall–Kier alpha value is -3.74. The molecular weight excluding hydrogens is 438 g/mol. The lowest BCUT2D eigenvalue weighted by molar-refractivity contribution is 1.22. The molecule has 4 aromatic carbocycles. The first kappa shape index (κ1) is 20.2. The monoisotopic (exact) mass is 455 g/mol. The van der Waals surface area contributed by atoms with E-state index in [1.807, 2.05) is 66.7 Å². The summed E-state index contributed by atoms with van der Waals surface area (Å²) in [6, 6.07) is 27.6. The Morgan fingerprint density at radius 1 is 0.750 bits per heavy atom. The average molecular weight is 456 g/mol. The van der Waals surface area contributed by atoms with Crippen molar-refractivity contribution in [3.8, 4) is 0 Å². The number of thiocarbonyl (C=S) groups is 1. The van der Waals surface area contributed by atoms with E-state index in [1.165, 1.54) is 6.33 Å². The van der Waals surface area contributed by atoms with Crippen molar-refractivity contribution in [3.63, 3.8) is 0 Å². The number of anilines is 4. The molecule has 0 aliphatic heterocycles. The highest BCUT2D eigenvalue weighted by Crippen LogP contribution is 2.27. The van der Waals surface area contributed by atoms with E-state index in [0.717, 1.165) is 38.7 Å². The third-order valence-corrected chi connectivity index (χ3v) is 5.46. The maximum absolute atomic E-state index is 6.11. The van der Waals surface area contributed by atoms with E-state index in [4.69, 9.17) is 23.8 Å². The van der Waals surface area contributed by atoms with Gasteiger partial charge in [0.25, 0.3) is 0 Å². The number of rotatable bonds is 4. The van der Waals surface area contributed by atoms with Crippen molar-refractivity contribution < 1.29 is 0 Å². The Bertz CT molecular complexity index is 1450. The van der Waals surface area contributed by atoms with Gasteiger partial charge in [0.15, 0.2) is 5.11 Å². The molecule has 0 aliphatic rings. The maximum Gasteiger partial charge on any atom is 0.175 e. The fraction of sp³-hybridized carbons (Fsp3) is 0. The molecule has 5 aromatic rings. The van der Waals surface area contributed by atoms with Crippen LogP contribution in [0.5, 0.6) is 0 Å². The predicted octanol–water partition coefficient (Wildman–Crippen LogP) is 6.99. The number of aromatic nitrogens is 2. The largest absolute Gasteiger partial charge is 0.340 e. The summed E-state index contributed by atoms with van der Waals surface area (Å²) in [7, 11) is 0. The van der Waals surface area contributed by atoms with Gasteiger partial charge in [0.2, 0.25) is 0 Å². The minimum absolute atomic E-state index is 0.502. The van der Waals surface area contributed by atoms with Gasteiger partial charge in [-0.25, -0.2) is 9.97 Å². The molecule has 5 nitrogen and oxygen atoms in total. The van der Waals surface area contributed by atoms with Crippen LogP contribution >= 0.6 is 23.8 Å². The van der Waals surface area contributed by atoms with E-state index in [2.05, 4.69) is 44.1 Å². The third kappa shape index (κ3) is 4.32. The number of hydrogen-bond donors (Lipinski definition) is 3. The van der Waals surface area contributed by atoms with Gasteiger partial charge in [0.1, 0.15) is 12.1 Å². The number of benzene rings is 4. The summed E-state index contributed by atoms with van der Waals surface area (Å²) >= 11 is 11.7. The maximum atomic E-state index is 6.11. The molecule has 7 heteroatoms. The second-order valence-corrected chi connectivity index (χ2v) is 8.04. The number of nitrogens with one attached hydrogen (secondary N) is 3. The van der Waals surface area contributed by atoms with Gasteiger partial charge in [-0.15, -0.1) is 0 Å². The normalized spacial score (nSPS) is 10.8. The lowest BCUT2D eigenvalue weighted by atomic mass is 10.1. The first-order valence-corrected chi connectivity index (χ1v) is 10.8. The van der Waals surface area contributed by atoms with Crippen LogP contribution < -0.4 is 16.0 Å². The van der Waals surface area contributed by atoms with Gasteiger partial charge in [-0.05, 0) is 60.1 Å². The van der Waals surface area contributed by atoms with Gasteiger partial charge in [0.05, 0.1) is 5.52 Å². The zero-order valence-electron chi connectivity index (χ0n) is 16.8. The molecule has 0 fully saturated rings. The first-order chi connectivity index (χ1) is 15.7. The van der Waals surface area contributed by atoms with Crippen LogP contribution in [0.3, 0.4) is 0 Å². The standard InChI is InChI=1S/C25H18ClN5S/c26-17-7-4-8-18(13-17)29-24-21-14-19(11-12-22(21)27-15-28-24)30-25(32)31-23-10-3-6-16-5-1-2-9-20(16)23/h1-15H,(H,27,28,29)(H2,30,31,32). The highest BCUT2D eigenvalue weighted by atomic mass is 35.5. The smallest absolute Gasteiger partial charge is 0.175 e. The summed E-state index contributed by atoms with van der Waals surface area (Å²) in [6.07, 6.45) is 1.54. The van der Waals surface area contributed by atoms with Gasteiger partial charge in [0, 0.05) is 32.9 Å². The Labute approximate surface area is 195 Å². The Morgan fingerprint density at radius 2 is 1.59 bits per heavy atom. The van der Waals surface area contributed by atoms with E-state index in [-0.39, 0.29) is 0 Å². The summed E-state index contributed by atoms with van der Waals surface area (Å²) in [5, 5.41) is 14.2. The number of hydrogen-bond acceptors (Lipinski definition) is 4. The average Bonchev–Trinajstić information content (AvgIpc) is 2.80. The number of fused-ring (bicyclic) bond motifs is 2. The van der Waals surface area contributed by atoms with E-state index < -0.39 is 0 Å². The highest BCUT2D eigenvalue weighted by molar-refractivity contribution is 7.80. The van der Waals surface area contributed by atoms with Gasteiger partial charge in [-0.1, -0.05) is 54.1 Å². The Kier molecular flexibility index (Phi) is 5.54. The minimum Gasteiger partial charge on any atom is -0.340 e. The zero-order chi connectivity index (χ0) is 21.9. The molecule has 3 N–H and O–H groups in total. The van der Waals surface area contributed by atoms with E-state index in [0.29, 0.717) is 16.0 Å². The molecule has 1 aromatic heterocycles. The topological polar surface area (TPSA) is 61.9 Å². The quantitative estimate of drug-likeness (QED) is 0.254. The molecule has 156 valence electrons. The van der Waals surface area contributed by atoms with E-state index in [1.54, 1.807) is 0 Å². The van der Waals surface area contributed by atoms with Gasteiger partial charge in [-0.3, -0.25) is 0 Å². The molecule has 32 heavy (non-hydrogen) atoms. The molecule has 0 radical (unpaired) electrons. The Balaban J connectivity index is 1.40. The van der Waals surface area contributed by atoms with Crippen molar-refractivity contribution >= 4 is 73.5 Å². The number of nitrogens with zero attached hydrogens (tertiary/aromatic N) is 2. The van der Waals surface area contributed by atoms with Crippen LogP contribution in [0, 0.1) is 0 Å². The summed E-state index contributed by atoms with van der Waals surface area (Å²) in [4.78, 5) is 8.78. The van der Waals surface area contributed by atoms with Crippen LogP contribution in [0.2, 0.25) is 5.02 Å². The van der Waals surface area contributed by atoms with E-state index in [9.17, 15) is 0 Å². The highest BCUT2D eigenvalue weighted by Gasteiger charge is 2.08. The summed E-state index contributed by atoms with van der Waals surface area (Å²) in [6.45, 7) is 0. The predicted molar refractivity (Wildman–Crippen MR) is 138 cm³/mol. The Morgan fingerprint density at radius 3 is 2.50 bits per heavy atom. The van der Waals surface area contributed by atoms with Crippen molar-refractivity contribution in [2.75, 3.05) is 16.0 Å². The van der Waals surface area contributed by atoms with Gasteiger partial charge >= 0.3 is 0 Å². The zero-order valence-corrected chi connectivity index (χ0v) is 18.4. The third-order valence-electron chi connectivity index (χ3n) is 5.02. The van der Waals surface area contributed by atoms with Crippen LogP contribution in [0.4, 0.5) is 22.9 Å². The lowest BCUT2D eigenvalue weighted by Crippen LogP contribution is -2.19. The molecule has 0 aliphatic carbocycles. The van der Waals surface area contributed by atoms with Crippen LogP contribution in [-0.2, 0) is 0 Å². The minimum atomic E-state index is 0.502. The molecule has 5 rings (SSSR count). The van der Waals surface area contributed by atoms with Crippen molar-refractivity contribution in [2.24, 2.45) is 0 Å².